The van der Waals surface area contributed by atoms with Crippen LogP contribution in [-0.2, 0) is 72.4 Å². The van der Waals surface area contributed by atoms with Gasteiger partial charge in [-0.25, -0.2) is 0 Å². The van der Waals surface area contributed by atoms with Gasteiger partial charge in [-0.05, 0) is 25.7 Å². The second-order valence-corrected chi connectivity index (χ2v) is 32.4. The molecular weight excluding hydrogens is 1220 g/mol. The number of benzene rings is 8. The molecule has 12 aromatic carbocycles. The van der Waals surface area contributed by atoms with Gasteiger partial charge in [0, 0.05) is 0 Å². The van der Waals surface area contributed by atoms with Gasteiger partial charge in [0.15, 0.2) is 0 Å². The van der Waals surface area contributed by atoms with Crippen LogP contribution in [0.25, 0.3) is 43.1 Å². The van der Waals surface area contributed by atoms with Crippen molar-refractivity contribution in [1.82, 2.24) is 0 Å². The Morgan fingerprint density at radius 2 is 0.463 bits per heavy atom. The SMILES string of the molecule is CCc1ccc(C)c2[cH-]c(C)cc12.CCc1ccc(C)c2[cH-]c(C)cc12.CCc1ccc(C)c2[cH-]c(C)cc12.CCc1ccc(C)c2[cH-]c(C)cc12.[Cl-].[Cl-].[Zr+2]=[Si](c1ccccc1)c1ccccc1.[Zr+2]=[Si](c1ccccc1)c1ccccc1. The van der Waals surface area contributed by atoms with Gasteiger partial charge in [0.25, 0.3) is 0 Å². The van der Waals surface area contributed by atoms with E-state index in [-0.39, 0.29) is 24.8 Å². The maximum atomic E-state index is 2.29. The fraction of sp³-hybridized carbons (Fsp3) is 0.211. The molecule has 0 saturated carbocycles. The predicted octanol–water partition coefficient (Wildman–Crippen LogP) is 11.6. The zero-order chi connectivity index (χ0) is 57.3. The van der Waals surface area contributed by atoms with Gasteiger partial charge < -0.3 is 24.8 Å². The summed E-state index contributed by atoms with van der Waals surface area (Å²) in [5.41, 5.74) is 16.0. The van der Waals surface area contributed by atoms with Gasteiger partial charge in [-0.2, -0.15) is 24.3 Å². The topological polar surface area (TPSA) is 0 Å². The average Bonchev–Trinajstić information content (AvgIpc) is 4.31. The van der Waals surface area contributed by atoms with E-state index in [0.29, 0.717) is 0 Å². The summed E-state index contributed by atoms with van der Waals surface area (Å²) in [5, 5.41) is 17.6. The fourth-order valence-electron chi connectivity index (χ4n) is 10.6. The molecule has 0 nitrogen and oxygen atoms in total. The summed E-state index contributed by atoms with van der Waals surface area (Å²) in [6, 6.07) is 79.5. The van der Waals surface area contributed by atoms with Gasteiger partial charge >= 0.3 is 200 Å². The molecule has 0 unspecified atom stereocenters. The predicted molar refractivity (Wildman–Crippen MR) is 349 cm³/mol. The number of hydrogen-bond acceptors (Lipinski definition) is 0. The van der Waals surface area contributed by atoms with Crippen LogP contribution in [0.15, 0.2) is 218 Å². The van der Waals surface area contributed by atoms with Gasteiger partial charge in [0.2, 0.25) is 0 Å². The summed E-state index contributed by atoms with van der Waals surface area (Å²) in [7, 11) is 0. The molecule has 0 N–H and O–H groups in total. The van der Waals surface area contributed by atoms with Crippen LogP contribution in [0.5, 0.6) is 0 Å². The Labute approximate surface area is 534 Å². The van der Waals surface area contributed by atoms with Gasteiger partial charge in [-0.15, -0.1) is 136 Å². The molecule has 0 aliphatic carbocycles. The van der Waals surface area contributed by atoms with Crippen molar-refractivity contribution in [3.05, 3.63) is 285 Å². The van der Waals surface area contributed by atoms with Crippen LogP contribution in [0.3, 0.4) is 0 Å². The Balaban J connectivity index is 0.000000180. The number of fused-ring (bicyclic) bond motifs is 4. The Kier molecular flexibility index (Phi) is 27.7. The molecule has 0 heterocycles. The zero-order valence-electron chi connectivity index (χ0n) is 50.4. The summed E-state index contributed by atoms with van der Waals surface area (Å²) >= 11 is 3.29. The van der Waals surface area contributed by atoms with Crippen molar-refractivity contribution in [3.63, 3.8) is 0 Å². The van der Waals surface area contributed by atoms with Crippen LogP contribution in [0, 0.1) is 55.4 Å². The molecule has 12 aromatic rings. The van der Waals surface area contributed by atoms with Crippen molar-refractivity contribution in [2.75, 3.05) is 0 Å². The molecule has 0 atom stereocenters. The Morgan fingerprint density at radius 3 is 0.634 bits per heavy atom. The third kappa shape index (κ3) is 18.0. The van der Waals surface area contributed by atoms with Crippen LogP contribution < -0.4 is 45.6 Å². The Hall–Kier alpha value is -5.02. The molecule has 0 aliphatic heterocycles. The summed E-state index contributed by atoms with van der Waals surface area (Å²) in [6.45, 7) is 26.2. The second-order valence-electron chi connectivity index (χ2n) is 21.2. The molecule has 0 amide bonds. The van der Waals surface area contributed by atoms with E-state index in [9.17, 15) is 0 Å². The van der Waals surface area contributed by atoms with E-state index < -0.39 is 10.9 Å². The van der Waals surface area contributed by atoms with Gasteiger partial charge in [-0.3, -0.25) is 0 Å². The summed E-state index contributed by atoms with van der Waals surface area (Å²) < 4.78 is 0. The normalized spacial score (nSPS) is 10.3. The number of hydrogen-bond donors (Lipinski definition) is 0. The average molecular weight is 1300 g/mol. The first-order valence-corrected chi connectivity index (χ1v) is 39.0. The Bertz CT molecular complexity index is 3420. The van der Waals surface area contributed by atoms with Crippen molar-refractivity contribution in [2.45, 2.75) is 109 Å². The monoisotopic (exact) mass is 1300 g/mol. The second kappa shape index (κ2) is 33.5. The van der Waals surface area contributed by atoms with Crippen LogP contribution in [-0.4, -0.2) is 10.9 Å². The first kappa shape index (κ1) is 67.8. The van der Waals surface area contributed by atoms with Gasteiger partial charge in [0.05, 0.1) is 0 Å². The standard InChI is InChI=1S/4C13H15.2C12H10Si.2ClH.2Zr/c4*1-4-11-6-5-10(3)12-7-9(2)8-13(11)12;2*1-3-7-11(8-4-1)13-12-9-5-2-6-10-12;;;;/h4*5-8H,4H2,1-3H3;2*1-10H;2*1H;;/q4*-1;;;;;2*+2/p-2. The van der Waals surface area contributed by atoms with Crippen LogP contribution in [0.1, 0.15) is 94.5 Å². The van der Waals surface area contributed by atoms with Crippen molar-refractivity contribution in [3.8, 4) is 0 Å². The van der Waals surface area contributed by atoms with Gasteiger partial charge in [0.1, 0.15) is 0 Å². The van der Waals surface area contributed by atoms with Crippen molar-refractivity contribution in [1.29, 1.82) is 0 Å². The van der Waals surface area contributed by atoms with Crippen molar-refractivity contribution < 1.29 is 71.5 Å². The fourth-order valence-corrected chi connectivity index (χ4v) is 18.3. The minimum absolute atomic E-state index is 0. The molecule has 6 heteroatoms. The molecule has 0 aromatic heterocycles. The molecule has 0 bridgehead atoms. The molecule has 82 heavy (non-hydrogen) atoms. The molecule has 0 radical (unpaired) electrons. The van der Waals surface area contributed by atoms with E-state index in [1.807, 2.05) is 0 Å². The van der Waals surface area contributed by atoms with E-state index in [2.05, 4.69) is 301 Å². The number of aryl methyl sites for hydroxylation is 12. The molecule has 0 saturated heterocycles. The van der Waals surface area contributed by atoms with Crippen LogP contribution in [0.4, 0.5) is 0 Å². The van der Waals surface area contributed by atoms with Crippen LogP contribution in [0.2, 0.25) is 0 Å². The first-order valence-electron chi connectivity index (χ1n) is 28.6. The quantitative estimate of drug-likeness (QED) is 0.105. The molecule has 0 aliphatic rings. The third-order valence-electron chi connectivity index (χ3n) is 15.1. The first-order chi connectivity index (χ1) is 38.6. The summed E-state index contributed by atoms with van der Waals surface area (Å²) in [4.78, 5) is 0. The zero-order valence-corrected chi connectivity index (χ0v) is 58.8. The number of halogens is 2. The maximum absolute atomic E-state index is 2.29. The van der Waals surface area contributed by atoms with E-state index in [1.54, 1.807) is 46.7 Å². The third-order valence-corrected chi connectivity index (χ3v) is 27.3. The van der Waals surface area contributed by atoms with E-state index in [1.165, 1.54) is 131 Å². The molecule has 0 spiro atoms. The van der Waals surface area contributed by atoms with Gasteiger partial charge in [-0.1, -0.05) is 130 Å². The van der Waals surface area contributed by atoms with Crippen molar-refractivity contribution in [2.24, 2.45) is 0 Å². The molecule has 0 fully saturated rings. The van der Waals surface area contributed by atoms with E-state index >= 15 is 0 Å². The van der Waals surface area contributed by atoms with E-state index in [4.69, 9.17) is 0 Å². The minimum atomic E-state index is -0.455. The summed E-state index contributed by atoms with van der Waals surface area (Å²) in [6.07, 6.45) is 4.50. The van der Waals surface area contributed by atoms with Crippen molar-refractivity contribution >= 4 is 74.7 Å². The molecule has 12 rings (SSSR count). The summed E-state index contributed by atoms with van der Waals surface area (Å²) in [5.74, 6) is 0. The van der Waals surface area contributed by atoms with Crippen LogP contribution >= 0.6 is 0 Å². The molecule has 416 valence electrons. The Morgan fingerprint density at radius 1 is 0.280 bits per heavy atom. The molecular formula is C76H80Cl2Si2Zr2-2. The number of rotatable bonds is 8. The van der Waals surface area contributed by atoms with E-state index in [0.717, 1.165) is 25.7 Å².